The summed E-state index contributed by atoms with van der Waals surface area (Å²) in [5, 5.41) is 15.5. The van der Waals surface area contributed by atoms with Gasteiger partial charge in [0.1, 0.15) is 11.5 Å². The lowest BCUT2D eigenvalue weighted by Crippen LogP contribution is -1.96. The van der Waals surface area contributed by atoms with Crippen molar-refractivity contribution >= 4 is 32.9 Å². The van der Waals surface area contributed by atoms with Gasteiger partial charge in [-0.25, -0.2) is 9.78 Å². The molecule has 0 atom stereocenters. The van der Waals surface area contributed by atoms with Gasteiger partial charge in [-0.1, -0.05) is 6.07 Å². The summed E-state index contributed by atoms with van der Waals surface area (Å²) in [4.78, 5) is 18.4. The maximum Gasteiger partial charge on any atom is 0.355 e. The van der Waals surface area contributed by atoms with Gasteiger partial charge in [0, 0.05) is 5.56 Å². The lowest BCUT2D eigenvalue weighted by Gasteiger charge is -1.98. The van der Waals surface area contributed by atoms with Crippen molar-refractivity contribution in [3.05, 3.63) is 34.2 Å². The van der Waals surface area contributed by atoms with Crippen molar-refractivity contribution in [2.75, 3.05) is 0 Å². The van der Waals surface area contributed by atoms with Gasteiger partial charge in [-0.2, -0.15) is 5.10 Å². The first-order valence-electron chi connectivity index (χ1n) is 5.50. The molecule has 6 nitrogen and oxygen atoms in total. The molecule has 0 unspecified atom stereocenters. The molecule has 0 aliphatic carbocycles. The van der Waals surface area contributed by atoms with Gasteiger partial charge >= 0.3 is 5.97 Å². The molecule has 0 bridgehead atoms. The van der Waals surface area contributed by atoms with Crippen LogP contribution in [0.5, 0.6) is 0 Å². The van der Waals surface area contributed by atoms with E-state index >= 15 is 0 Å². The van der Waals surface area contributed by atoms with E-state index in [-0.39, 0.29) is 5.69 Å². The molecule has 0 aliphatic rings. The fourth-order valence-electron chi connectivity index (χ4n) is 1.95. The van der Waals surface area contributed by atoms with Gasteiger partial charge in [-0.3, -0.25) is 5.10 Å². The van der Waals surface area contributed by atoms with E-state index in [1.54, 1.807) is 0 Å². The van der Waals surface area contributed by atoms with Crippen LogP contribution in [0, 0.1) is 6.92 Å². The number of H-pyrrole nitrogens is 2. The first kappa shape index (κ1) is 11.9. The Hall–Kier alpha value is -2.15. The number of aromatic carboxylic acids is 1. The fourth-order valence-corrected chi connectivity index (χ4v) is 2.52. The number of hydrogen-bond acceptors (Lipinski definition) is 3. The van der Waals surface area contributed by atoms with E-state index in [2.05, 4.69) is 36.1 Å². The minimum atomic E-state index is -1.05. The van der Waals surface area contributed by atoms with Crippen LogP contribution in [-0.4, -0.2) is 31.2 Å². The van der Waals surface area contributed by atoms with Crippen LogP contribution < -0.4 is 0 Å². The van der Waals surface area contributed by atoms with Gasteiger partial charge in [0.25, 0.3) is 0 Å². The minimum Gasteiger partial charge on any atom is -0.476 e. The summed E-state index contributed by atoms with van der Waals surface area (Å²) < 4.78 is 0.440. The standard InChI is InChI=1S/C12H9BrN4O2/c1-5-14-7-3-2-6(4-8(7)15-5)10-9(13)11(12(18)19)17-16-10/h2-4H,1H3,(H,14,15)(H,16,17)(H,18,19). The molecule has 7 heteroatoms. The van der Waals surface area contributed by atoms with Crippen LogP contribution >= 0.6 is 15.9 Å². The van der Waals surface area contributed by atoms with E-state index in [4.69, 9.17) is 5.11 Å². The van der Waals surface area contributed by atoms with E-state index in [9.17, 15) is 4.79 Å². The summed E-state index contributed by atoms with van der Waals surface area (Å²) >= 11 is 3.26. The zero-order valence-electron chi connectivity index (χ0n) is 9.86. The van der Waals surface area contributed by atoms with Gasteiger partial charge in [0.15, 0.2) is 5.69 Å². The number of halogens is 1. The SMILES string of the molecule is Cc1nc2ccc(-c3n[nH]c(C(=O)O)c3Br)cc2[nH]1. The number of fused-ring (bicyclic) bond motifs is 1. The molecule has 1 aromatic carbocycles. The minimum absolute atomic E-state index is 0.0379. The molecule has 0 aliphatic heterocycles. The number of carboxylic acids is 1. The lowest BCUT2D eigenvalue weighted by atomic mass is 10.1. The zero-order chi connectivity index (χ0) is 13.6. The maximum absolute atomic E-state index is 11.0. The van der Waals surface area contributed by atoms with Crippen LogP contribution in [0.25, 0.3) is 22.3 Å². The molecule has 19 heavy (non-hydrogen) atoms. The number of aromatic nitrogens is 4. The van der Waals surface area contributed by atoms with Gasteiger partial charge in [0.05, 0.1) is 15.5 Å². The number of imidazole rings is 1. The maximum atomic E-state index is 11.0. The summed E-state index contributed by atoms with van der Waals surface area (Å²) in [7, 11) is 0. The highest BCUT2D eigenvalue weighted by molar-refractivity contribution is 9.10. The second-order valence-corrected chi connectivity index (χ2v) is 4.91. The molecule has 3 aromatic rings. The van der Waals surface area contributed by atoms with Gasteiger partial charge in [0.2, 0.25) is 0 Å². The third kappa shape index (κ3) is 1.91. The van der Waals surface area contributed by atoms with E-state index in [1.807, 2.05) is 25.1 Å². The Kier molecular flexibility index (Phi) is 2.63. The predicted octanol–water partition coefficient (Wildman–Crippen LogP) is 2.72. The number of rotatable bonds is 2. The van der Waals surface area contributed by atoms with Gasteiger partial charge in [-0.15, -0.1) is 0 Å². The molecule has 0 radical (unpaired) electrons. The number of nitrogens with one attached hydrogen (secondary N) is 2. The lowest BCUT2D eigenvalue weighted by molar-refractivity contribution is 0.0689. The monoisotopic (exact) mass is 320 g/mol. The second-order valence-electron chi connectivity index (χ2n) is 4.12. The number of benzene rings is 1. The molecule has 3 N–H and O–H groups in total. The molecular formula is C12H9BrN4O2. The zero-order valence-corrected chi connectivity index (χ0v) is 11.4. The molecule has 2 aromatic heterocycles. The largest absolute Gasteiger partial charge is 0.476 e. The molecule has 3 rings (SSSR count). The predicted molar refractivity (Wildman–Crippen MR) is 73.1 cm³/mol. The van der Waals surface area contributed by atoms with E-state index in [0.29, 0.717) is 10.2 Å². The average molecular weight is 321 g/mol. The van der Waals surface area contributed by atoms with Crippen LogP contribution in [0.3, 0.4) is 0 Å². The Morgan fingerprint density at radius 3 is 2.89 bits per heavy atom. The Morgan fingerprint density at radius 2 is 2.21 bits per heavy atom. The van der Waals surface area contributed by atoms with Crippen LogP contribution in [-0.2, 0) is 0 Å². The summed E-state index contributed by atoms with van der Waals surface area (Å²) in [6, 6.07) is 5.62. The van der Waals surface area contributed by atoms with Crippen molar-refractivity contribution in [3.8, 4) is 11.3 Å². The van der Waals surface area contributed by atoms with Crippen molar-refractivity contribution in [3.63, 3.8) is 0 Å². The molecule has 0 spiro atoms. The van der Waals surface area contributed by atoms with Crippen molar-refractivity contribution in [1.29, 1.82) is 0 Å². The van der Waals surface area contributed by atoms with Crippen molar-refractivity contribution in [2.45, 2.75) is 6.92 Å². The Labute approximate surface area is 116 Å². The topological polar surface area (TPSA) is 94.7 Å². The second kappa shape index (κ2) is 4.20. The Bertz CT molecular complexity index is 790. The highest BCUT2D eigenvalue weighted by atomic mass is 79.9. The number of hydrogen-bond donors (Lipinski definition) is 3. The van der Waals surface area contributed by atoms with Gasteiger partial charge in [-0.05, 0) is 35.0 Å². The molecule has 0 saturated carbocycles. The number of carboxylic acid groups (broad SMARTS) is 1. The third-order valence-corrected chi connectivity index (χ3v) is 3.57. The summed E-state index contributed by atoms with van der Waals surface area (Å²) in [6.45, 7) is 1.88. The molecule has 96 valence electrons. The third-order valence-electron chi connectivity index (χ3n) is 2.79. The number of carbonyl (C=O) groups is 1. The smallest absolute Gasteiger partial charge is 0.355 e. The fraction of sp³-hybridized carbons (Fsp3) is 0.0833. The highest BCUT2D eigenvalue weighted by Gasteiger charge is 2.17. The molecular weight excluding hydrogens is 312 g/mol. The van der Waals surface area contributed by atoms with Crippen LogP contribution in [0.1, 0.15) is 16.3 Å². The van der Waals surface area contributed by atoms with E-state index in [0.717, 1.165) is 22.4 Å². The quantitative estimate of drug-likeness (QED) is 0.676. The van der Waals surface area contributed by atoms with Crippen molar-refractivity contribution in [2.24, 2.45) is 0 Å². The van der Waals surface area contributed by atoms with Crippen molar-refractivity contribution in [1.82, 2.24) is 20.2 Å². The number of nitrogens with zero attached hydrogens (tertiary/aromatic N) is 2. The highest BCUT2D eigenvalue weighted by Crippen LogP contribution is 2.30. The van der Waals surface area contributed by atoms with Crippen LogP contribution in [0.15, 0.2) is 22.7 Å². The molecule has 0 saturated heterocycles. The van der Waals surface area contributed by atoms with Crippen LogP contribution in [0.2, 0.25) is 0 Å². The summed E-state index contributed by atoms with van der Waals surface area (Å²) in [5.41, 5.74) is 3.17. The Morgan fingerprint density at radius 1 is 1.42 bits per heavy atom. The Balaban J connectivity index is 2.16. The van der Waals surface area contributed by atoms with Gasteiger partial charge < -0.3 is 10.1 Å². The van der Waals surface area contributed by atoms with Crippen LogP contribution in [0.4, 0.5) is 0 Å². The molecule has 0 fully saturated rings. The summed E-state index contributed by atoms with van der Waals surface area (Å²) in [5.74, 6) is -0.219. The first-order valence-corrected chi connectivity index (χ1v) is 6.29. The normalized spacial score (nSPS) is 11.1. The van der Waals surface area contributed by atoms with E-state index in [1.165, 1.54) is 0 Å². The number of aryl methyl sites for hydroxylation is 1. The van der Waals surface area contributed by atoms with Crippen molar-refractivity contribution < 1.29 is 9.90 Å². The molecule has 2 heterocycles. The van der Waals surface area contributed by atoms with E-state index < -0.39 is 5.97 Å². The summed E-state index contributed by atoms with van der Waals surface area (Å²) in [6.07, 6.45) is 0. The molecule has 0 amide bonds. The number of aromatic amines is 2. The first-order chi connectivity index (χ1) is 9.06. The average Bonchev–Trinajstić information content (AvgIpc) is 2.89.